The molecule has 3 rings (SSSR count). The van der Waals surface area contributed by atoms with E-state index in [0.29, 0.717) is 26.5 Å². The summed E-state index contributed by atoms with van der Waals surface area (Å²) in [5.74, 6) is -0.711. The molecule has 0 spiro atoms. The summed E-state index contributed by atoms with van der Waals surface area (Å²) < 4.78 is 13.2. The van der Waals surface area contributed by atoms with E-state index in [-0.39, 0.29) is 16.7 Å². The molecule has 0 atom stereocenters. The van der Waals surface area contributed by atoms with Crippen molar-refractivity contribution in [1.82, 2.24) is 0 Å². The molecule has 1 aliphatic rings. The van der Waals surface area contributed by atoms with Gasteiger partial charge in [-0.3, -0.25) is 9.79 Å². The van der Waals surface area contributed by atoms with Crippen molar-refractivity contribution in [3.8, 4) is 0 Å². The second kappa shape index (κ2) is 8.41. The first-order chi connectivity index (χ1) is 13.1. The predicted molar refractivity (Wildman–Crippen MR) is 117 cm³/mol. The molecule has 1 heterocycles. The lowest BCUT2D eigenvalue weighted by Crippen LogP contribution is -2.17. The quantitative estimate of drug-likeness (QED) is 0.602. The van der Waals surface area contributed by atoms with Crippen LogP contribution in [0.25, 0.3) is 0 Å². The van der Waals surface area contributed by atoms with Gasteiger partial charge in [-0.2, -0.15) is 0 Å². The number of halogens is 4. The minimum absolute atomic E-state index is 0.0543. The second-order valence-corrected chi connectivity index (χ2v) is 8.65. The van der Waals surface area contributed by atoms with E-state index in [1.165, 1.54) is 30.0 Å². The molecule has 0 fully saturated rings. The zero-order chi connectivity index (χ0) is 20.5. The van der Waals surface area contributed by atoms with Crippen LogP contribution in [0.15, 0.2) is 46.4 Å². The van der Waals surface area contributed by atoms with Gasteiger partial charge in [-0.05, 0) is 44.2 Å². The molecule has 2 aromatic rings. The van der Waals surface area contributed by atoms with Crippen LogP contribution in [0.4, 0.5) is 10.1 Å². The molecule has 2 aromatic carbocycles. The van der Waals surface area contributed by atoms with Crippen LogP contribution in [0.3, 0.4) is 0 Å². The van der Waals surface area contributed by atoms with Gasteiger partial charge in [0, 0.05) is 11.3 Å². The number of anilines is 1. The highest BCUT2D eigenvalue weighted by atomic mass is 35.5. The normalized spacial score (nSPS) is 15.2. The Morgan fingerprint density at radius 3 is 2.50 bits per heavy atom. The van der Waals surface area contributed by atoms with Gasteiger partial charge < -0.3 is 5.32 Å². The number of carbonyl (C=O) groups excluding carboxylic acids is 1. The second-order valence-electron chi connectivity index (χ2n) is 6.47. The molecule has 1 N–H and O–H groups in total. The molecule has 28 heavy (non-hydrogen) atoms. The summed E-state index contributed by atoms with van der Waals surface area (Å²) in [6.45, 7) is 3.75. The lowest BCUT2D eigenvalue weighted by Gasteiger charge is -2.08. The summed E-state index contributed by atoms with van der Waals surface area (Å²) in [6.07, 6.45) is 0. The minimum atomic E-state index is -0.634. The highest BCUT2D eigenvalue weighted by molar-refractivity contribution is 8.16. The van der Waals surface area contributed by atoms with Crippen LogP contribution >= 0.6 is 46.6 Å². The van der Waals surface area contributed by atoms with Gasteiger partial charge in [0.15, 0.2) is 0 Å². The number of amides is 1. The first kappa shape index (κ1) is 21.1. The molecule has 9 heteroatoms. The summed E-state index contributed by atoms with van der Waals surface area (Å²) >= 11 is 19.1. The van der Waals surface area contributed by atoms with Gasteiger partial charge in [-0.15, -0.1) is 0 Å². The van der Waals surface area contributed by atoms with E-state index in [4.69, 9.17) is 34.8 Å². The molecule has 0 unspecified atom stereocenters. The van der Waals surface area contributed by atoms with Gasteiger partial charge in [0.2, 0.25) is 5.91 Å². The van der Waals surface area contributed by atoms with Gasteiger partial charge in [0.05, 0.1) is 26.5 Å². The third-order valence-corrected chi connectivity index (χ3v) is 5.69. The number of aliphatic imine (C=N–C) groups is 2. The lowest BCUT2D eigenvalue weighted by atomic mass is 10.1. The van der Waals surface area contributed by atoms with Gasteiger partial charge in [0.25, 0.3) is 0 Å². The van der Waals surface area contributed by atoms with Crippen LogP contribution in [-0.4, -0.2) is 28.1 Å². The van der Waals surface area contributed by atoms with Crippen molar-refractivity contribution >= 4 is 68.9 Å². The monoisotopic (exact) mass is 457 g/mol. The molecule has 1 aliphatic heterocycles. The standard InChI is InChI=1S/C19H15Cl3FN3OS/c1-19(2)25-17(10-3-5-12(20)13(21)7-10)18(26-19)28-9-16(27)24-11-4-6-15(23)14(22)8-11/h3-8H,9H2,1-2H3,(H,24,27). The number of rotatable bonds is 4. The van der Waals surface area contributed by atoms with E-state index in [0.717, 1.165) is 5.56 Å². The molecule has 0 radical (unpaired) electrons. The molecule has 146 valence electrons. The predicted octanol–water partition coefficient (Wildman–Crippen LogP) is 6.10. The Balaban J connectivity index is 1.71. The number of nitrogens with zero attached hydrogens (tertiary/aromatic N) is 2. The highest BCUT2D eigenvalue weighted by Gasteiger charge is 2.29. The van der Waals surface area contributed by atoms with E-state index >= 15 is 0 Å². The highest BCUT2D eigenvalue weighted by Crippen LogP contribution is 2.30. The van der Waals surface area contributed by atoms with E-state index in [2.05, 4.69) is 15.3 Å². The maximum absolute atomic E-state index is 13.2. The zero-order valence-corrected chi connectivity index (χ0v) is 18.0. The molecule has 0 aliphatic carbocycles. The molecular formula is C19H15Cl3FN3OS. The van der Waals surface area contributed by atoms with Crippen LogP contribution in [0.1, 0.15) is 19.4 Å². The van der Waals surface area contributed by atoms with Crippen LogP contribution in [-0.2, 0) is 4.79 Å². The molecule has 0 saturated heterocycles. The number of thioether (sulfide) groups is 1. The van der Waals surface area contributed by atoms with Gasteiger partial charge in [-0.1, -0.05) is 52.6 Å². The fraction of sp³-hybridized carbons (Fsp3) is 0.211. The maximum atomic E-state index is 13.2. The average Bonchev–Trinajstić information content (AvgIpc) is 2.93. The number of hydrogen-bond donors (Lipinski definition) is 1. The van der Waals surface area contributed by atoms with Crippen molar-refractivity contribution in [3.63, 3.8) is 0 Å². The molecule has 0 aromatic heterocycles. The van der Waals surface area contributed by atoms with Crippen molar-refractivity contribution in [2.75, 3.05) is 11.1 Å². The number of carbonyl (C=O) groups is 1. The third-order valence-electron chi connectivity index (χ3n) is 3.70. The van der Waals surface area contributed by atoms with Crippen molar-refractivity contribution in [2.24, 2.45) is 9.98 Å². The maximum Gasteiger partial charge on any atom is 0.234 e. The fourth-order valence-corrected chi connectivity index (χ4v) is 3.89. The first-order valence-corrected chi connectivity index (χ1v) is 10.3. The first-order valence-electron chi connectivity index (χ1n) is 8.18. The number of benzene rings is 2. The van der Waals surface area contributed by atoms with Crippen molar-refractivity contribution in [1.29, 1.82) is 0 Å². The number of nitrogens with one attached hydrogen (secondary N) is 1. The van der Waals surface area contributed by atoms with Gasteiger partial charge in [0.1, 0.15) is 16.5 Å². The SMILES string of the molecule is CC1(C)N=C(SCC(=O)Nc2ccc(F)c(Cl)c2)C(c2ccc(Cl)c(Cl)c2)=N1. The molecular weight excluding hydrogens is 444 g/mol. The smallest absolute Gasteiger partial charge is 0.234 e. The van der Waals surface area contributed by atoms with E-state index in [1.807, 2.05) is 19.9 Å². The van der Waals surface area contributed by atoms with Gasteiger partial charge >= 0.3 is 0 Å². The van der Waals surface area contributed by atoms with E-state index in [1.54, 1.807) is 12.1 Å². The summed E-state index contributed by atoms with van der Waals surface area (Å²) in [5, 5.41) is 4.13. The molecule has 0 saturated carbocycles. The molecule has 0 bridgehead atoms. The molecule has 1 amide bonds. The Labute approximate surface area is 181 Å². The van der Waals surface area contributed by atoms with Crippen LogP contribution < -0.4 is 5.32 Å². The Kier molecular flexibility index (Phi) is 6.34. The minimum Gasteiger partial charge on any atom is -0.325 e. The third kappa shape index (κ3) is 5.06. The Hall–Kier alpha value is -1.60. The Bertz CT molecular complexity index is 1010. The Morgan fingerprint density at radius 2 is 1.82 bits per heavy atom. The van der Waals surface area contributed by atoms with E-state index < -0.39 is 11.5 Å². The summed E-state index contributed by atoms with van der Waals surface area (Å²) in [4.78, 5) is 21.5. The summed E-state index contributed by atoms with van der Waals surface area (Å²) in [7, 11) is 0. The molecule has 4 nitrogen and oxygen atoms in total. The summed E-state index contributed by atoms with van der Waals surface area (Å²) in [5.41, 5.74) is 1.22. The fourth-order valence-electron chi connectivity index (χ4n) is 2.48. The van der Waals surface area contributed by atoms with Crippen molar-refractivity contribution < 1.29 is 9.18 Å². The zero-order valence-electron chi connectivity index (χ0n) is 14.9. The average molecular weight is 459 g/mol. The number of hydrogen-bond acceptors (Lipinski definition) is 4. The van der Waals surface area contributed by atoms with Crippen LogP contribution in [0.5, 0.6) is 0 Å². The van der Waals surface area contributed by atoms with Crippen molar-refractivity contribution in [2.45, 2.75) is 19.5 Å². The summed E-state index contributed by atoms with van der Waals surface area (Å²) in [6, 6.07) is 9.23. The largest absolute Gasteiger partial charge is 0.325 e. The topological polar surface area (TPSA) is 53.8 Å². The van der Waals surface area contributed by atoms with Crippen molar-refractivity contribution in [3.05, 3.63) is 62.8 Å². The Morgan fingerprint density at radius 1 is 1.07 bits per heavy atom. The van der Waals surface area contributed by atoms with Crippen LogP contribution in [0, 0.1) is 5.82 Å². The van der Waals surface area contributed by atoms with Crippen LogP contribution in [0.2, 0.25) is 15.1 Å². The van der Waals surface area contributed by atoms with Gasteiger partial charge in [-0.25, -0.2) is 9.38 Å². The van der Waals surface area contributed by atoms with E-state index in [9.17, 15) is 9.18 Å². The lowest BCUT2D eigenvalue weighted by molar-refractivity contribution is -0.113.